The summed E-state index contributed by atoms with van der Waals surface area (Å²) in [6.45, 7) is 3.96. The predicted octanol–water partition coefficient (Wildman–Crippen LogP) is 1.70. The summed E-state index contributed by atoms with van der Waals surface area (Å²) >= 11 is 0. The molecule has 19 heavy (non-hydrogen) atoms. The summed E-state index contributed by atoms with van der Waals surface area (Å²) in [5, 5.41) is 8.89. The second kappa shape index (κ2) is 7.92. The van der Waals surface area contributed by atoms with Gasteiger partial charge < -0.3 is 14.7 Å². The van der Waals surface area contributed by atoms with E-state index in [1.54, 1.807) is 4.90 Å². The van der Waals surface area contributed by atoms with Crippen LogP contribution in [-0.4, -0.2) is 36.7 Å². The minimum absolute atomic E-state index is 0.0839. The number of nitrogens with zero attached hydrogens (tertiary/aromatic N) is 1. The second-order valence-corrected chi connectivity index (χ2v) is 3.88. The molecule has 5 heteroatoms. The summed E-state index contributed by atoms with van der Waals surface area (Å²) in [6, 6.07) is 9.26. The summed E-state index contributed by atoms with van der Waals surface area (Å²) in [4.78, 5) is 23.4. The Balaban J connectivity index is 2.49. The van der Waals surface area contributed by atoms with Crippen LogP contribution in [0.2, 0.25) is 0 Å². The lowest BCUT2D eigenvalue weighted by Gasteiger charge is -2.22. The summed E-state index contributed by atoms with van der Waals surface area (Å²) in [6.07, 6.45) is 1.66. The summed E-state index contributed by atoms with van der Waals surface area (Å²) in [7, 11) is 0. The van der Waals surface area contributed by atoms with Crippen LogP contribution in [0.25, 0.3) is 0 Å². The molecule has 1 aromatic carbocycles. The van der Waals surface area contributed by atoms with Crippen molar-refractivity contribution >= 4 is 17.6 Å². The van der Waals surface area contributed by atoms with Gasteiger partial charge in [-0.15, -0.1) is 0 Å². The zero-order chi connectivity index (χ0) is 14.1. The third-order valence-electron chi connectivity index (χ3n) is 2.43. The number of esters is 1. The number of rotatable bonds is 8. The fourth-order valence-corrected chi connectivity index (χ4v) is 1.59. The quantitative estimate of drug-likeness (QED) is 0.439. The van der Waals surface area contributed by atoms with Crippen LogP contribution in [0.15, 0.2) is 43.0 Å². The Hall–Kier alpha value is -2.30. The van der Waals surface area contributed by atoms with E-state index in [1.807, 2.05) is 30.3 Å². The highest BCUT2D eigenvalue weighted by Gasteiger charge is 2.10. The lowest BCUT2D eigenvalue weighted by atomic mass is 10.2. The maximum Gasteiger partial charge on any atom is 0.330 e. The standard InChI is InChI=1S/C14H17NO4/c1-2-14(18)19-10-6-9-15(11-13(16)17)12-7-4-3-5-8-12/h2-5,7-8H,1,6,9-11H2,(H,16,17). The Bertz CT molecular complexity index is 430. The average molecular weight is 263 g/mol. The molecule has 0 amide bonds. The van der Waals surface area contributed by atoms with Crippen molar-refractivity contribution < 1.29 is 19.4 Å². The van der Waals surface area contributed by atoms with Crippen molar-refractivity contribution in [2.45, 2.75) is 6.42 Å². The number of hydrogen-bond acceptors (Lipinski definition) is 4. The topological polar surface area (TPSA) is 66.8 Å². The van der Waals surface area contributed by atoms with Crippen LogP contribution in [0, 0.1) is 0 Å². The predicted molar refractivity (Wildman–Crippen MR) is 72.1 cm³/mol. The fourth-order valence-electron chi connectivity index (χ4n) is 1.59. The molecule has 0 bridgehead atoms. The van der Waals surface area contributed by atoms with Crippen LogP contribution >= 0.6 is 0 Å². The van der Waals surface area contributed by atoms with Gasteiger partial charge in [-0.25, -0.2) is 4.79 Å². The molecule has 0 radical (unpaired) electrons. The highest BCUT2D eigenvalue weighted by Crippen LogP contribution is 2.13. The molecule has 0 saturated carbocycles. The van der Waals surface area contributed by atoms with Crippen LogP contribution in [0.1, 0.15) is 6.42 Å². The van der Waals surface area contributed by atoms with Crippen LogP contribution in [0.5, 0.6) is 0 Å². The minimum Gasteiger partial charge on any atom is -0.480 e. The van der Waals surface area contributed by atoms with E-state index in [9.17, 15) is 9.59 Å². The molecule has 1 rings (SSSR count). The molecule has 0 saturated heterocycles. The number of carboxylic acid groups (broad SMARTS) is 1. The lowest BCUT2D eigenvalue weighted by Crippen LogP contribution is -2.31. The maximum absolute atomic E-state index is 10.9. The highest BCUT2D eigenvalue weighted by molar-refractivity contribution is 5.81. The maximum atomic E-state index is 10.9. The molecule has 0 aliphatic rings. The van der Waals surface area contributed by atoms with Crippen LogP contribution in [-0.2, 0) is 14.3 Å². The Morgan fingerprint density at radius 2 is 2.00 bits per heavy atom. The number of carboxylic acids is 1. The Labute approximate surface area is 112 Å². The fraction of sp³-hybridized carbons (Fsp3) is 0.286. The van der Waals surface area contributed by atoms with Crippen LogP contribution < -0.4 is 4.90 Å². The van der Waals surface area contributed by atoms with Gasteiger partial charge in [-0.3, -0.25) is 4.79 Å². The largest absolute Gasteiger partial charge is 0.480 e. The van der Waals surface area contributed by atoms with E-state index in [0.717, 1.165) is 11.8 Å². The second-order valence-electron chi connectivity index (χ2n) is 3.88. The molecule has 5 nitrogen and oxygen atoms in total. The molecule has 102 valence electrons. The van der Waals surface area contributed by atoms with Crippen molar-refractivity contribution in [2.24, 2.45) is 0 Å². The van der Waals surface area contributed by atoms with E-state index in [2.05, 4.69) is 6.58 Å². The van der Waals surface area contributed by atoms with Gasteiger partial charge in [0.05, 0.1) is 6.61 Å². The molecule has 1 N–H and O–H groups in total. The van der Waals surface area contributed by atoms with Gasteiger partial charge in [0, 0.05) is 18.3 Å². The molecule has 0 atom stereocenters. The number of anilines is 1. The highest BCUT2D eigenvalue weighted by atomic mass is 16.5. The smallest absolute Gasteiger partial charge is 0.330 e. The van der Waals surface area contributed by atoms with Crippen molar-refractivity contribution in [3.63, 3.8) is 0 Å². The lowest BCUT2D eigenvalue weighted by molar-refractivity contribution is -0.138. The molecular formula is C14H17NO4. The van der Waals surface area contributed by atoms with Crippen LogP contribution in [0.4, 0.5) is 5.69 Å². The Kier molecular flexibility index (Phi) is 6.15. The van der Waals surface area contributed by atoms with Gasteiger partial charge in [-0.2, -0.15) is 0 Å². The molecule has 0 spiro atoms. The van der Waals surface area contributed by atoms with E-state index in [-0.39, 0.29) is 13.2 Å². The zero-order valence-electron chi connectivity index (χ0n) is 10.6. The van der Waals surface area contributed by atoms with E-state index in [4.69, 9.17) is 9.84 Å². The Morgan fingerprint density at radius 3 is 2.58 bits per heavy atom. The molecular weight excluding hydrogens is 246 g/mol. The molecule has 0 unspecified atom stereocenters. The SMILES string of the molecule is C=CC(=O)OCCCN(CC(=O)O)c1ccccc1. The van der Waals surface area contributed by atoms with Crippen molar-refractivity contribution in [3.8, 4) is 0 Å². The minimum atomic E-state index is -0.896. The number of carbonyl (C=O) groups excluding carboxylic acids is 1. The number of para-hydroxylation sites is 1. The summed E-state index contributed by atoms with van der Waals surface area (Å²) < 4.78 is 4.85. The number of ether oxygens (including phenoxy) is 1. The monoisotopic (exact) mass is 263 g/mol. The van der Waals surface area contributed by atoms with Crippen LogP contribution in [0.3, 0.4) is 0 Å². The normalized spacial score (nSPS) is 9.68. The summed E-state index contributed by atoms with van der Waals surface area (Å²) in [5.74, 6) is -1.36. The van der Waals surface area contributed by atoms with Gasteiger partial charge in [0.15, 0.2) is 0 Å². The average Bonchev–Trinajstić information content (AvgIpc) is 2.42. The van der Waals surface area contributed by atoms with E-state index >= 15 is 0 Å². The molecule has 0 aliphatic heterocycles. The van der Waals surface area contributed by atoms with Gasteiger partial charge in [-0.1, -0.05) is 24.8 Å². The van der Waals surface area contributed by atoms with Crippen molar-refractivity contribution in [1.29, 1.82) is 0 Å². The Morgan fingerprint density at radius 1 is 1.32 bits per heavy atom. The molecule has 0 fully saturated rings. The molecule has 1 aromatic rings. The molecule has 0 aliphatic carbocycles. The first-order valence-electron chi connectivity index (χ1n) is 5.94. The number of benzene rings is 1. The first-order chi connectivity index (χ1) is 9.13. The molecule has 0 aromatic heterocycles. The summed E-state index contributed by atoms with van der Waals surface area (Å²) in [5.41, 5.74) is 0.833. The van der Waals surface area contributed by atoms with E-state index in [1.165, 1.54) is 0 Å². The van der Waals surface area contributed by atoms with E-state index < -0.39 is 11.9 Å². The van der Waals surface area contributed by atoms with Crippen molar-refractivity contribution in [2.75, 3.05) is 24.6 Å². The van der Waals surface area contributed by atoms with Crippen molar-refractivity contribution in [3.05, 3.63) is 43.0 Å². The number of hydrogen-bond donors (Lipinski definition) is 1. The first-order valence-corrected chi connectivity index (χ1v) is 5.94. The third kappa shape index (κ3) is 5.72. The van der Waals surface area contributed by atoms with Gasteiger partial charge in [-0.05, 0) is 18.6 Å². The van der Waals surface area contributed by atoms with Gasteiger partial charge in [0.25, 0.3) is 0 Å². The number of carbonyl (C=O) groups is 2. The zero-order valence-corrected chi connectivity index (χ0v) is 10.6. The van der Waals surface area contributed by atoms with Gasteiger partial charge >= 0.3 is 11.9 Å². The third-order valence-corrected chi connectivity index (χ3v) is 2.43. The number of aliphatic carboxylic acids is 1. The van der Waals surface area contributed by atoms with E-state index in [0.29, 0.717) is 13.0 Å². The first kappa shape index (κ1) is 14.8. The van der Waals surface area contributed by atoms with Gasteiger partial charge in [0.1, 0.15) is 6.54 Å². The van der Waals surface area contributed by atoms with Crippen molar-refractivity contribution in [1.82, 2.24) is 0 Å². The van der Waals surface area contributed by atoms with Gasteiger partial charge in [0.2, 0.25) is 0 Å². The molecule has 0 heterocycles.